The smallest absolute Gasteiger partial charge is 0.128 e. The molecular weight excluding hydrogens is 721 g/mol. The van der Waals surface area contributed by atoms with Gasteiger partial charge in [-0.05, 0) is 160 Å². The number of aromatic hydroxyl groups is 4. The maximum Gasteiger partial charge on any atom is 0.128 e. The van der Waals surface area contributed by atoms with Crippen LogP contribution in [0.4, 0.5) is 0 Å². The Hall–Kier alpha value is -7.32. The van der Waals surface area contributed by atoms with Crippen molar-refractivity contribution in [2.45, 2.75) is 41.5 Å². The predicted octanol–water partition coefficient (Wildman–Crippen LogP) is 11.6. The van der Waals surface area contributed by atoms with E-state index in [-0.39, 0.29) is 23.0 Å². The van der Waals surface area contributed by atoms with E-state index in [2.05, 4.69) is 0 Å². The first-order chi connectivity index (χ1) is 27.9. The number of nitrogens with zero attached hydrogens (tertiary/aromatic N) is 4. The van der Waals surface area contributed by atoms with Gasteiger partial charge in [-0.2, -0.15) is 0 Å². The molecule has 0 atom stereocenters. The molecule has 0 saturated carbocycles. The van der Waals surface area contributed by atoms with Crippen LogP contribution >= 0.6 is 0 Å². The Balaban J connectivity index is 0.000000177. The van der Waals surface area contributed by atoms with Gasteiger partial charge in [0.25, 0.3) is 0 Å². The van der Waals surface area contributed by atoms with Crippen molar-refractivity contribution in [3.05, 3.63) is 167 Å². The molecule has 8 aromatic rings. The van der Waals surface area contributed by atoms with Crippen molar-refractivity contribution in [1.29, 1.82) is 0 Å². The third kappa shape index (κ3) is 8.13. The van der Waals surface area contributed by atoms with E-state index in [4.69, 9.17) is 19.9 Å². The molecule has 4 aromatic carbocycles. The number of rotatable bonds is 6. The van der Waals surface area contributed by atoms with E-state index in [0.29, 0.717) is 67.8 Å². The van der Waals surface area contributed by atoms with E-state index in [1.54, 1.807) is 12.1 Å². The second-order valence-corrected chi connectivity index (χ2v) is 14.5. The van der Waals surface area contributed by atoms with Gasteiger partial charge in [-0.3, -0.25) is 0 Å². The quantitative estimate of drug-likeness (QED) is 0.132. The van der Waals surface area contributed by atoms with Crippen LogP contribution in [0, 0.1) is 41.5 Å². The third-order valence-electron chi connectivity index (χ3n) is 10.3. The largest absolute Gasteiger partial charge is 0.507 e. The van der Waals surface area contributed by atoms with Gasteiger partial charge in [0.05, 0.1) is 45.6 Å². The van der Waals surface area contributed by atoms with Crippen LogP contribution in [0.3, 0.4) is 0 Å². The molecule has 0 unspecified atom stereocenters. The number of hydrogen-bond acceptors (Lipinski definition) is 8. The Bertz CT molecular complexity index is 2620. The van der Waals surface area contributed by atoms with Crippen molar-refractivity contribution in [3.8, 4) is 90.8 Å². The molecule has 8 rings (SSSR count). The van der Waals surface area contributed by atoms with Gasteiger partial charge in [0.1, 0.15) is 23.0 Å². The van der Waals surface area contributed by atoms with Crippen molar-refractivity contribution < 1.29 is 20.4 Å². The topological polar surface area (TPSA) is 132 Å². The Morgan fingerprint density at radius 2 is 0.586 bits per heavy atom. The lowest BCUT2D eigenvalue weighted by atomic mass is 10.0. The molecule has 0 aliphatic carbocycles. The number of hydrogen-bond donors (Lipinski definition) is 4. The summed E-state index contributed by atoms with van der Waals surface area (Å²) in [5, 5.41) is 41.7. The summed E-state index contributed by atoms with van der Waals surface area (Å²) in [5.74, 6) is 0.912. The molecule has 0 spiro atoms. The predicted molar refractivity (Wildman–Crippen MR) is 232 cm³/mol. The molecule has 0 bridgehead atoms. The molecule has 4 aromatic heterocycles. The van der Waals surface area contributed by atoms with Crippen LogP contribution in [0.15, 0.2) is 133 Å². The minimum absolute atomic E-state index is 0.205. The van der Waals surface area contributed by atoms with Gasteiger partial charge in [-0.15, -0.1) is 0 Å². The lowest BCUT2D eigenvalue weighted by Gasteiger charge is -2.11. The molecule has 0 fully saturated rings. The highest BCUT2D eigenvalue weighted by molar-refractivity contribution is 5.75. The zero-order valence-electron chi connectivity index (χ0n) is 33.3. The van der Waals surface area contributed by atoms with E-state index in [1.165, 1.54) is 0 Å². The highest BCUT2D eigenvalue weighted by atomic mass is 16.3. The van der Waals surface area contributed by atoms with Gasteiger partial charge < -0.3 is 20.4 Å². The molecule has 58 heavy (non-hydrogen) atoms. The van der Waals surface area contributed by atoms with Gasteiger partial charge in [0.15, 0.2) is 0 Å². The first-order valence-electron chi connectivity index (χ1n) is 19.0. The number of phenols is 4. The highest BCUT2D eigenvalue weighted by Gasteiger charge is 2.15. The molecule has 0 amide bonds. The zero-order chi connectivity index (χ0) is 41.1. The molecular formula is C50H44N4O4. The summed E-state index contributed by atoms with van der Waals surface area (Å²) < 4.78 is 0. The van der Waals surface area contributed by atoms with Gasteiger partial charge >= 0.3 is 0 Å². The first kappa shape index (κ1) is 38.9. The van der Waals surface area contributed by atoms with Gasteiger partial charge in [-0.25, -0.2) is 19.9 Å². The minimum atomic E-state index is 0.205. The van der Waals surface area contributed by atoms with E-state index in [9.17, 15) is 20.4 Å². The lowest BCUT2D eigenvalue weighted by Crippen LogP contribution is -1.93. The van der Waals surface area contributed by atoms with Gasteiger partial charge in [-0.1, -0.05) is 48.5 Å². The molecule has 0 aliphatic heterocycles. The Morgan fingerprint density at radius 3 is 0.897 bits per heavy atom. The average Bonchev–Trinajstić information content (AvgIpc) is 3.22. The molecule has 4 N–H and O–H groups in total. The number of phenolic OH excluding ortho intramolecular Hbond substituents is 4. The molecule has 8 nitrogen and oxygen atoms in total. The van der Waals surface area contributed by atoms with Crippen molar-refractivity contribution >= 4 is 0 Å². The monoisotopic (exact) mass is 764 g/mol. The fourth-order valence-electron chi connectivity index (χ4n) is 6.64. The summed E-state index contributed by atoms with van der Waals surface area (Å²) in [7, 11) is 0. The maximum absolute atomic E-state index is 10.6. The lowest BCUT2D eigenvalue weighted by molar-refractivity contribution is 0.472. The fourth-order valence-corrected chi connectivity index (χ4v) is 6.64. The fraction of sp³-hybridized carbons (Fsp3) is 0.120. The van der Waals surface area contributed by atoms with Crippen LogP contribution in [0.2, 0.25) is 0 Å². The Morgan fingerprint density at radius 1 is 0.310 bits per heavy atom. The van der Waals surface area contributed by atoms with E-state index in [1.807, 2.05) is 163 Å². The second kappa shape index (κ2) is 16.4. The summed E-state index contributed by atoms with van der Waals surface area (Å²) in [6.45, 7) is 11.6. The molecule has 0 radical (unpaired) electrons. The highest BCUT2D eigenvalue weighted by Crippen LogP contribution is 2.36. The van der Waals surface area contributed by atoms with Crippen molar-refractivity contribution in [2.24, 2.45) is 0 Å². The maximum atomic E-state index is 10.6. The number of benzene rings is 4. The summed E-state index contributed by atoms with van der Waals surface area (Å²) in [6.07, 6.45) is 0. The van der Waals surface area contributed by atoms with E-state index >= 15 is 0 Å². The normalized spacial score (nSPS) is 10.9. The van der Waals surface area contributed by atoms with Gasteiger partial charge in [0.2, 0.25) is 0 Å². The standard InChI is InChI=1S/2C25H22N2O2/c2*1-15-10-12-18(24(28)14-15)20-6-4-8-22(26-20)23-9-5-7-21(27-23)19-13-11-16(2)17(3)25(19)29/h2*4-14,28-29H,1-3H3. The van der Waals surface area contributed by atoms with Crippen LogP contribution in [-0.4, -0.2) is 40.4 Å². The molecule has 0 aliphatic rings. The van der Waals surface area contributed by atoms with Crippen LogP contribution < -0.4 is 0 Å². The SMILES string of the molecule is Cc1ccc(-c2cccc(-c3cccc(-c4ccc(C)c(C)c4O)n3)n2)c(O)c1.Cc1ccc(-c2cccc(-c3cccc(-c4ccc(C)c(C)c4O)n3)n2)c(O)c1. The van der Waals surface area contributed by atoms with Crippen molar-refractivity contribution in [3.63, 3.8) is 0 Å². The van der Waals surface area contributed by atoms with Crippen LogP contribution in [0.1, 0.15) is 33.4 Å². The van der Waals surface area contributed by atoms with Crippen LogP contribution in [0.5, 0.6) is 23.0 Å². The summed E-state index contributed by atoms with van der Waals surface area (Å²) >= 11 is 0. The van der Waals surface area contributed by atoms with Crippen molar-refractivity contribution in [1.82, 2.24) is 19.9 Å². The first-order valence-corrected chi connectivity index (χ1v) is 19.0. The molecule has 8 heteroatoms. The molecule has 288 valence electrons. The summed E-state index contributed by atoms with van der Waals surface area (Å²) in [5.41, 5.74) is 14.1. The van der Waals surface area contributed by atoms with E-state index < -0.39 is 0 Å². The average molecular weight is 765 g/mol. The van der Waals surface area contributed by atoms with E-state index in [0.717, 1.165) is 33.4 Å². The number of pyridine rings is 4. The minimum Gasteiger partial charge on any atom is -0.507 e. The number of aryl methyl sites for hydroxylation is 4. The number of aromatic nitrogens is 4. The second-order valence-electron chi connectivity index (χ2n) is 14.5. The summed E-state index contributed by atoms with van der Waals surface area (Å²) in [4.78, 5) is 18.9. The summed E-state index contributed by atoms with van der Waals surface area (Å²) in [6, 6.07) is 41.5. The molecule has 0 saturated heterocycles. The third-order valence-corrected chi connectivity index (χ3v) is 10.3. The Labute approximate surface area is 338 Å². The van der Waals surface area contributed by atoms with Crippen LogP contribution in [-0.2, 0) is 0 Å². The Kier molecular flexibility index (Phi) is 11.0. The van der Waals surface area contributed by atoms with Crippen molar-refractivity contribution in [2.75, 3.05) is 0 Å². The zero-order valence-corrected chi connectivity index (χ0v) is 33.3. The van der Waals surface area contributed by atoms with Crippen LogP contribution in [0.25, 0.3) is 67.8 Å². The van der Waals surface area contributed by atoms with Gasteiger partial charge in [0, 0.05) is 22.3 Å². The molecule has 4 heterocycles.